The highest BCUT2D eigenvalue weighted by Crippen LogP contribution is 2.13. The highest BCUT2D eigenvalue weighted by Gasteiger charge is 2.16. The normalized spacial score (nSPS) is 11.3. The van der Waals surface area contributed by atoms with Crippen LogP contribution in [0, 0.1) is 11.8 Å². The Morgan fingerprint density at radius 1 is 0.815 bits per heavy atom. The van der Waals surface area contributed by atoms with E-state index in [4.69, 9.17) is 0 Å². The van der Waals surface area contributed by atoms with Crippen molar-refractivity contribution >= 4 is 5.91 Å². The summed E-state index contributed by atoms with van der Waals surface area (Å²) < 4.78 is 0. The second-order valence-electron chi connectivity index (χ2n) is 8.58. The van der Waals surface area contributed by atoms with Crippen molar-refractivity contribution in [2.45, 2.75) is 91.9 Å². The molecule has 1 amide bonds. The Balaban J connectivity index is 2.38. The molecule has 4 nitrogen and oxygen atoms in total. The second-order valence-corrected chi connectivity index (χ2v) is 8.58. The van der Waals surface area contributed by atoms with Crippen molar-refractivity contribution in [2.75, 3.05) is 13.1 Å². The third-order valence-electron chi connectivity index (χ3n) is 4.99. The Morgan fingerprint density at radius 2 is 1.33 bits per heavy atom. The first-order valence-electron chi connectivity index (χ1n) is 11.1. The number of carbonyl (C=O) groups is 1. The van der Waals surface area contributed by atoms with Crippen LogP contribution in [0.2, 0.25) is 0 Å². The van der Waals surface area contributed by atoms with Gasteiger partial charge in [-0.15, -0.1) is 0 Å². The molecule has 27 heavy (non-hydrogen) atoms. The fourth-order valence-corrected chi connectivity index (χ4v) is 3.30. The third kappa shape index (κ3) is 11.8. The van der Waals surface area contributed by atoms with E-state index in [9.17, 15) is 4.79 Å². The van der Waals surface area contributed by atoms with Crippen LogP contribution >= 0.6 is 0 Å². The zero-order chi connectivity index (χ0) is 19.9. The third-order valence-corrected chi connectivity index (χ3v) is 4.99. The summed E-state index contributed by atoms with van der Waals surface area (Å²) in [5.74, 6) is 1.61. The number of unbranched alkanes of at least 4 members (excludes halogenated alkanes) is 6. The van der Waals surface area contributed by atoms with E-state index in [0.717, 1.165) is 37.8 Å². The van der Waals surface area contributed by atoms with Crippen LogP contribution in [0.15, 0.2) is 18.6 Å². The molecule has 0 atom stereocenters. The minimum Gasteiger partial charge on any atom is -0.337 e. The van der Waals surface area contributed by atoms with Crippen molar-refractivity contribution in [1.82, 2.24) is 14.9 Å². The zero-order valence-electron chi connectivity index (χ0n) is 18.1. The standard InChI is InChI=1S/C23H41N3O/c1-20(2)13-9-5-7-11-17-26(18-12-8-6-10-14-21(3)4)23(27)22-19-24-15-16-25-22/h15-16,19-21H,5-14,17-18H2,1-4H3. The number of rotatable bonds is 15. The molecule has 0 bridgehead atoms. The average molecular weight is 376 g/mol. The van der Waals surface area contributed by atoms with Crippen LogP contribution in [-0.2, 0) is 0 Å². The number of carbonyl (C=O) groups excluding carboxylic acids is 1. The minimum absolute atomic E-state index is 0.0347. The van der Waals surface area contributed by atoms with Gasteiger partial charge < -0.3 is 4.90 Å². The predicted octanol–water partition coefficient (Wildman–Crippen LogP) is 6.13. The lowest BCUT2D eigenvalue weighted by Gasteiger charge is -2.22. The van der Waals surface area contributed by atoms with Crippen molar-refractivity contribution < 1.29 is 4.79 Å². The van der Waals surface area contributed by atoms with Crippen LogP contribution in [0.5, 0.6) is 0 Å². The number of aromatic nitrogens is 2. The van der Waals surface area contributed by atoms with Crippen LogP contribution in [-0.4, -0.2) is 33.9 Å². The van der Waals surface area contributed by atoms with Crippen LogP contribution in [0.4, 0.5) is 0 Å². The molecule has 4 heteroatoms. The summed E-state index contributed by atoms with van der Waals surface area (Å²) in [6, 6.07) is 0. The first-order chi connectivity index (χ1) is 13.0. The number of hydrogen-bond donors (Lipinski definition) is 0. The molecule has 0 N–H and O–H groups in total. The maximum Gasteiger partial charge on any atom is 0.274 e. The molecule has 0 aliphatic carbocycles. The lowest BCUT2D eigenvalue weighted by atomic mass is 10.0. The molecule has 0 saturated carbocycles. The summed E-state index contributed by atoms with van der Waals surface area (Å²) in [7, 11) is 0. The largest absolute Gasteiger partial charge is 0.337 e. The Hall–Kier alpha value is -1.45. The summed E-state index contributed by atoms with van der Waals surface area (Å²) in [6.45, 7) is 10.8. The second kappa shape index (κ2) is 14.6. The van der Waals surface area contributed by atoms with Gasteiger partial charge in [-0.05, 0) is 24.7 Å². The SMILES string of the molecule is CC(C)CCCCCCN(CCCCCCC(C)C)C(=O)c1cnccn1. The predicted molar refractivity (Wildman–Crippen MR) is 114 cm³/mol. The molecule has 1 aromatic rings. The lowest BCUT2D eigenvalue weighted by molar-refractivity contribution is 0.0742. The van der Waals surface area contributed by atoms with Gasteiger partial charge in [0.05, 0.1) is 6.20 Å². The molecule has 0 saturated heterocycles. The van der Waals surface area contributed by atoms with Crippen LogP contribution in [0.3, 0.4) is 0 Å². The number of amides is 1. The van der Waals surface area contributed by atoms with E-state index in [-0.39, 0.29) is 5.91 Å². The Labute approximate surface area is 167 Å². The smallest absolute Gasteiger partial charge is 0.274 e. The van der Waals surface area contributed by atoms with Crippen LogP contribution < -0.4 is 0 Å². The quantitative estimate of drug-likeness (QED) is 0.346. The van der Waals surface area contributed by atoms with E-state index in [2.05, 4.69) is 37.7 Å². The maximum absolute atomic E-state index is 12.8. The van der Waals surface area contributed by atoms with Crippen molar-refractivity contribution in [3.63, 3.8) is 0 Å². The summed E-state index contributed by atoms with van der Waals surface area (Å²) >= 11 is 0. The van der Waals surface area contributed by atoms with Crippen LogP contribution in [0.1, 0.15) is 102 Å². The first-order valence-corrected chi connectivity index (χ1v) is 11.1. The minimum atomic E-state index is 0.0347. The van der Waals surface area contributed by atoms with Crippen molar-refractivity contribution in [2.24, 2.45) is 11.8 Å². The summed E-state index contributed by atoms with van der Waals surface area (Å²) in [4.78, 5) is 23.0. The van der Waals surface area contributed by atoms with Gasteiger partial charge in [-0.2, -0.15) is 0 Å². The van der Waals surface area contributed by atoms with E-state index in [1.54, 1.807) is 18.6 Å². The topological polar surface area (TPSA) is 46.1 Å². The van der Waals surface area contributed by atoms with Gasteiger partial charge in [0, 0.05) is 25.5 Å². The van der Waals surface area contributed by atoms with Crippen molar-refractivity contribution in [3.05, 3.63) is 24.3 Å². The maximum atomic E-state index is 12.8. The molecule has 0 aromatic carbocycles. The molecule has 0 spiro atoms. The fraction of sp³-hybridized carbons (Fsp3) is 0.783. The first kappa shape index (κ1) is 23.6. The number of nitrogens with zero attached hydrogens (tertiary/aromatic N) is 3. The summed E-state index contributed by atoms with van der Waals surface area (Å²) in [6.07, 6.45) is 17.1. The molecule has 0 unspecified atom stereocenters. The number of hydrogen-bond acceptors (Lipinski definition) is 3. The van der Waals surface area contributed by atoms with E-state index in [0.29, 0.717) is 5.69 Å². The van der Waals surface area contributed by atoms with E-state index < -0.39 is 0 Å². The molecule has 0 aliphatic heterocycles. The molecule has 0 aliphatic rings. The summed E-state index contributed by atoms with van der Waals surface area (Å²) in [5.41, 5.74) is 0.470. The van der Waals surface area contributed by atoms with Gasteiger partial charge in [0.15, 0.2) is 0 Å². The van der Waals surface area contributed by atoms with Gasteiger partial charge >= 0.3 is 0 Å². The zero-order valence-corrected chi connectivity index (χ0v) is 18.1. The van der Waals surface area contributed by atoms with Crippen molar-refractivity contribution in [3.8, 4) is 0 Å². The fourth-order valence-electron chi connectivity index (χ4n) is 3.30. The van der Waals surface area contributed by atoms with Gasteiger partial charge in [-0.25, -0.2) is 4.98 Å². The van der Waals surface area contributed by atoms with Crippen molar-refractivity contribution in [1.29, 1.82) is 0 Å². The molecule has 154 valence electrons. The molecule has 0 fully saturated rings. The monoisotopic (exact) mass is 375 g/mol. The van der Waals surface area contributed by atoms with Gasteiger partial charge in [0.2, 0.25) is 0 Å². The molecule has 0 radical (unpaired) electrons. The Kier molecular flexibility index (Phi) is 12.7. The lowest BCUT2D eigenvalue weighted by Crippen LogP contribution is -2.33. The summed E-state index contributed by atoms with van der Waals surface area (Å²) in [5, 5.41) is 0. The molecule has 1 rings (SSSR count). The average Bonchev–Trinajstić information content (AvgIpc) is 2.65. The highest BCUT2D eigenvalue weighted by atomic mass is 16.2. The van der Waals surface area contributed by atoms with Gasteiger partial charge in [0.25, 0.3) is 5.91 Å². The van der Waals surface area contributed by atoms with E-state index in [1.165, 1.54) is 51.4 Å². The Bertz CT molecular complexity index is 468. The van der Waals surface area contributed by atoms with E-state index >= 15 is 0 Å². The molecular formula is C23H41N3O. The van der Waals surface area contributed by atoms with Gasteiger partial charge in [0.1, 0.15) is 5.69 Å². The van der Waals surface area contributed by atoms with Gasteiger partial charge in [-0.1, -0.05) is 79.1 Å². The molecular weight excluding hydrogens is 334 g/mol. The van der Waals surface area contributed by atoms with Crippen LogP contribution in [0.25, 0.3) is 0 Å². The Morgan fingerprint density at radius 3 is 1.78 bits per heavy atom. The van der Waals surface area contributed by atoms with E-state index in [1.807, 2.05) is 4.90 Å². The van der Waals surface area contributed by atoms with Gasteiger partial charge in [-0.3, -0.25) is 9.78 Å². The molecule has 1 heterocycles. The molecule has 1 aromatic heterocycles. The highest BCUT2D eigenvalue weighted by molar-refractivity contribution is 5.91.